The van der Waals surface area contributed by atoms with Crippen molar-refractivity contribution >= 4 is 17.6 Å². The second kappa shape index (κ2) is 7.15. The highest BCUT2D eigenvalue weighted by molar-refractivity contribution is 5.80. The van der Waals surface area contributed by atoms with Crippen molar-refractivity contribution in [2.24, 2.45) is 0 Å². The summed E-state index contributed by atoms with van der Waals surface area (Å²) in [7, 11) is 0. The molecule has 0 bridgehead atoms. The first-order valence-corrected chi connectivity index (χ1v) is 7.28. The molecule has 1 unspecified atom stereocenters. The molecule has 114 valence electrons. The summed E-state index contributed by atoms with van der Waals surface area (Å²) in [4.78, 5) is 24.5. The fourth-order valence-electron chi connectivity index (χ4n) is 2.40. The highest BCUT2D eigenvalue weighted by Crippen LogP contribution is 2.23. The molecule has 0 radical (unpaired) electrons. The number of ketones is 1. The van der Waals surface area contributed by atoms with Gasteiger partial charge in [-0.1, -0.05) is 0 Å². The summed E-state index contributed by atoms with van der Waals surface area (Å²) in [5, 5.41) is 8.25. The molecule has 1 atom stereocenters. The number of hydrogen-bond donors (Lipinski definition) is 0. The maximum Gasteiger partial charge on any atom is 0.306 e. The number of rotatable bonds is 6. The van der Waals surface area contributed by atoms with Crippen molar-refractivity contribution in [2.45, 2.75) is 45.6 Å². The van der Waals surface area contributed by atoms with Crippen LogP contribution in [-0.2, 0) is 14.3 Å². The van der Waals surface area contributed by atoms with Gasteiger partial charge in [-0.15, -0.1) is 5.10 Å². The van der Waals surface area contributed by atoms with Crippen LogP contribution in [0.3, 0.4) is 0 Å². The van der Waals surface area contributed by atoms with Gasteiger partial charge in [0.2, 0.25) is 0 Å². The van der Waals surface area contributed by atoms with Crippen LogP contribution >= 0.6 is 0 Å². The van der Waals surface area contributed by atoms with E-state index in [-0.39, 0.29) is 30.6 Å². The lowest BCUT2D eigenvalue weighted by atomic mass is 10.2. The van der Waals surface area contributed by atoms with Crippen LogP contribution in [-0.4, -0.2) is 41.1 Å². The van der Waals surface area contributed by atoms with Crippen LogP contribution in [0.15, 0.2) is 12.1 Å². The van der Waals surface area contributed by atoms with Crippen LogP contribution in [0.1, 0.15) is 38.3 Å². The van der Waals surface area contributed by atoms with Crippen molar-refractivity contribution in [3.05, 3.63) is 17.8 Å². The highest BCUT2D eigenvalue weighted by atomic mass is 16.5. The molecule has 0 spiro atoms. The fourth-order valence-corrected chi connectivity index (χ4v) is 2.40. The average molecular weight is 291 g/mol. The van der Waals surface area contributed by atoms with Gasteiger partial charge in [-0.3, -0.25) is 4.79 Å². The van der Waals surface area contributed by atoms with Gasteiger partial charge in [0, 0.05) is 13.0 Å². The number of carbonyl (C=O) groups is 2. The van der Waals surface area contributed by atoms with Crippen LogP contribution in [0.2, 0.25) is 0 Å². The standard InChI is InChI=1S/C15H21N3O3/c1-11-5-7-14(17-16-11)18-9-3-4-13(18)10-21-15(20)8-6-12(2)19/h5,7,13H,3-4,6,8-10H2,1-2H3. The summed E-state index contributed by atoms with van der Waals surface area (Å²) in [6, 6.07) is 4.01. The third-order valence-corrected chi connectivity index (χ3v) is 3.57. The second-order valence-corrected chi connectivity index (χ2v) is 5.41. The first-order valence-electron chi connectivity index (χ1n) is 7.28. The number of aryl methyl sites for hydroxylation is 1. The van der Waals surface area contributed by atoms with E-state index in [0.717, 1.165) is 30.9 Å². The van der Waals surface area contributed by atoms with Crippen molar-refractivity contribution < 1.29 is 14.3 Å². The van der Waals surface area contributed by atoms with Gasteiger partial charge in [-0.25, -0.2) is 0 Å². The van der Waals surface area contributed by atoms with Crippen LogP contribution < -0.4 is 4.90 Å². The first-order chi connectivity index (χ1) is 10.1. The van der Waals surface area contributed by atoms with Crippen molar-refractivity contribution in [1.82, 2.24) is 10.2 Å². The van der Waals surface area contributed by atoms with Crippen molar-refractivity contribution in [1.29, 1.82) is 0 Å². The Bertz CT molecular complexity index is 501. The molecule has 0 aliphatic carbocycles. The lowest BCUT2D eigenvalue weighted by Gasteiger charge is -2.24. The third kappa shape index (κ3) is 4.51. The number of carbonyl (C=O) groups excluding carboxylic acids is 2. The molecule has 1 aromatic heterocycles. The van der Waals surface area contributed by atoms with E-state index in [1.54, 1.807) is 0 Å². The van der Waals surface area contributed by atoms with Crippen molar-refractivity contribution in [3.8, 4) is 0 Å². The van der Waals surface area contributed by atoms with Crippen LogP contribution in [0.25, 0.3) is 0 Å². The summed E-state index contributed by atoms with van der Waals surface area (Å²) in [5.41, 5.74) is 0.880. The molecule has 1 saturated heterocycles. The zero-order valence-corrected chi connectivity index (χ0v) is 12.5. The molecule has 21 heavy (non-hydrogen) atoms. The topological polar surface area (TPSA) is 72.4 Å². The number of hydrogen-bond acceptors (Lipinski definition) is 6. The zero-order chi connectivity index (χ0) is 15.2. The number of nitrogens with zero attached hydrogens (tertiary/aromatic N) is 3. The monoisotopic (exact) mass is 291 g/mol. The Morgan fingerprint density at radius 3 is 2.81 bits per heavy atom. The van der Waals surface area contributed by atoms with E-state index in [9.17, 15) is 9.59 Å². The fraction of sp³-hybridized carbons (Fsp3) is 0.600. The largest absolute Gasteiger partial charge is 0.463 e. The summed E-state index contributed by atoms with van der Waals surface area (Å²) < 4.78 is 5.27. The molecule has 6 nitrogen and oxygen atoms in total. The van der Waals surface area contributed by atoms with E-state index in [4.69, 9.17) is 4.74 Å². The summed E-state index contributed by atoms with van der Waals surface area (Å²) in [6.07, 6.45) is 2.42. The summed E-state index contributed by atoms with van der Waals surface area (Å²) in [5.74, 6) is 0.513. The predicted octanol–water partition coefficient (Wildman–Crippen LogP) is 1.67. The van der Waals surface area contributed by atoms with Gasteiger partial charge in [-0.05, 0) is 38.8 Å². The van der Waals surface area contributed by atoms with Crippen LogP contribution in [0.4, 0.5) is 5.82 Å². The van der Waals surface area contributed by atoms with Crippen molar-refractivity contribution in [3.63, 3.8) is 0 Å². The number of aromatic nitrogens is 2. The van der Waals surface area contributed by atoms with E-state index in [2.05, 4.69) is 15.1 Å². The van der Waals surface area contributed by atoms with Gasteiger partial charge < -0.3 is 14.4 Å². The highest BCUT2D eigenvalue weighted by Gasteiger charge is 2.27. The minimum Gasteiger partial charge on any atom is -0.463 e. The van der Waals surface area contributed by atoms with E-state index in [1.807, 2.05) is 19.1 Å². The van der Waals surface area contributed by atoms with Crippen LogP contribution in [0, 0.1) is 6.92 Å². The maximum atomic E-state index is 11.6. The average Bonchev–Trinajstić information content (AvgIpc) is 2.92. The van der Waals surface area contributed by atoms with E-state index >= 15 is 0 Å². The molecule has 6 heteroatoms. The third-order valence-electron chi connectivity index (χ3n) is 3.57. The lowest BCUT2D eigenvalue weighted by molar-refractivity contribution is -0.145. The number of Topliss-reactive ketones (excluding diaryl/α,β-unsaturated/α-hetero) is 1. The molecule has 1 aromatic rings. The van der Waals surface area contributed by atoms with E-state index in [1.165, 1.54) is 6.92 Å². The normalized spacial score (nSPS) is 17.8. The number of esters is 1. The Labute approximate surface area is 124 Å². The van der Waals surface area contributed by atoms with Gasteiger partial charge >= 0.3 is 5.97 Å². The number of ether oxygens (including phenoxy) is 1. The maximum absolute atomic E-state index is 11.6. The van der Waals surface area contributed by atoms with Gasteiger partial charge in [0.1, 0.15) is 12.4 Å². The zero-order valence-electron chi connectivity index (χ0n) is 12.5. The molecule has 2 heterocycles. The summed E-state index contributed by atoms with van der Waals surface area (Å²) in [6.45, 7) is 4.61. The minimum atomic E-state index is -0.313. The number of anilines is 1. The molecule has 0 saturated carbocycles. The molecule has 1 aliphatic heterocycles. The smallest absolute Gasteiger partial charge is 0.306 e. The minimum absolute atomic E-state index is 0.00405. The Morgan fingerprint density at radius 2 is 2.14 bits per heavy atom. The van der Waals surface area contributed by atoms with E-state index < -0.39 is 0 Å². The molecule has 0 amide bonds. The van der Waals surface area contributed by atoms with Gasteiger partial charge in [-0.2, -0.15) is 5.10 Å². The summed E-state index contributed by atoms with van der Waals surface area (Å²) >= 11 is 0. The van der Waals surface area contributed by atoms with Gasteiger partial charge in [0.05, 0.1) is 18.2 Å². The lowest BCUT2D eigenvalue weighted by Crippen LogP contribution is -2.34. The molecule has 0 aromatic carbocycles. The molecular formula is C15H21N3O3. The first kappa shape index (κ1) is 15.4. The Morgan fingerprint density at radius 1 is 1.33 bits per heavy atom. The van der Waals surface area contributed by atoms with Gasteiger partial charge in [0.15, 0.2) is 5.82 Å². The molecule has 2 rings (SSSR count). The quantitative estimate of drug-likeness (QED) is 0.742. The van der Waals surface area contributed by atoms with Crippen LogP contribution in [0.5, 0.6) is 0 Å². The van der Waals surface area contributed by atoms with Gasteiger partial charge in [0.25, 0.3) is 0 Å². The molecule has 1 aliphatic rings. The molecular weight excluding hydrogens is 270 g/mol. The van der Waals surface area contributed by atoms with Crippen molar-refractivity contribution in [2.75, 3.05) is 18.1 Å². The predicted molar refractivity (Wildman–Crippen MR) is 78.0 cm³/mol. The Balaban J connectivity index is 1.86. The molecule has 1 fully saturated rings. The Hall–Kier alpha value is -1.98. The van der Waals surface area contributed by atoms with E-state index in [0.29, 0.717) is 6.61 Å². The second-order valence-electron chi connectivity index (χ2n) is 5.41. The SMILES string of the molecule is CC(=O)CCC(=O)OCC1CCCN1c1ccc(C)nn1. The Kier molecular flexibility index (Phi) is 5.25. The molecule has 0 N–H and O–H groups in total.